The highest BCUT2D eigenvalue weighted by molar-refractivity contribution is 8.00. The third-order valence-electron chi connectivity index (χ3n) is 5.32. The summed E-state index contributed by atoms with van der Waals surface area (Å²) in [6, 6.07) is 1.81. The molecule has 0 saturated carbocycles. The number of nitrogens with one attached hydrogen (secondary N) is 2. The monoisotopic (exact) mass is 419 g/mol. The molecule has 3 rings (SSSR count). The van der Waals surface area contributed by atoms with Gasteiger partial charge >= 0.3 is 0 Å². The van der Waals surface area contributed by atoms with Crippen LogP contribution in [0.5, 0.6) is 0 Å². The van der Waals surface area contributed by atoms with Gasteiger partial charge in [-0.2, -0.15) is 11.8 Å². The lowest BCUT2D eigenvalue weighted by Gasteiger charge is -2.34. The number of anilines is 1. The van der Waals surface area contributed by atoms with Gasteiger partial charge in [-0.3, -0.25) is 9.79 Å². The number of rotatable bonds is 7. The molecule has 9 heteroatoms. The molecule has 0 aliphatic carbocycles. The van der Waals surface area contributed by atoms with E-state index in [1.165, 1.54) is 18.6 Å². The van der Waals surface area contributed by atoms with Crippen LogP contribution in [-0.2, 0) is 4.79 Å². The average Bonchev–Trinajstić information content (AvgIpc) is 3.19. The largest absolute Gasteiger partial charge is 0.357 e. The van der Waals surface area contributed by atoms with E-state index in [-0.39, 0.29) is 10.7 Å². The highest BCUT2D eigenvalue weighted by atomic mass is 32.2. The topological polar surface area (TPSA) is 85.8 Å². The van der Waals surface area contributed by atoms with Crippen LogP contribution in [0.1, 0.15) is 33.1 Å². The Hall–Kier alpha value is -2.03. The second kappa shape index (κ2) is 10.7. The van der Waals surface area contributed by atoms with Gasteiger partial charge in [0.1, 0.15) is 0 Å². The first kappa shape index (κ1) is 21.7. The molecule has 2 saturated heterocycles. The number of hydrogen-bond donors (Lipinski definition) is 2. The van der Waals surface area contributed by atoms with Crippen molar-refractivity contribution in [3.63, 3.8) is 0 Å². The fraction of sp³-hybridized carbons (Fsp3) is 0.700. The van der Waals surface area contributed by atoms with Gasteiger partial charge < -0.3 is 20.4 Å². The number of amides is 1. The number of thioether (sulfide) groups is 1. The molecule has 1 aromatic rings. The van der Waals surface area contributed by atoms with Gasteiger partial charge in [0.15, 0.2) is 5.96 Å². The molecule has 160 valence electrons. The molecule has 1 atom stereocenters. The number of carbonyl (C=O) groups excluding carboxylic acids is 1. The third kappa shape index (κ3) is 6.48. The van der Waals surface area contributed by atoms with Crippen LogP contribution in [0, 0.1) is 0 Å². The molecule has 2 fully saturated rings. The minimum Gasteiger partial charge on any atom is -0.357 e. The number of carbonyl (C=O) groups is 1. The van der Waals surface area contributed by atoms with Gasteiger partial charge in [-0.1, -0.05) is 0 Å². The number of guanidine groups is 1. The summed E-state index contributed by atoms with van der Waals surface area (Å²) in [6.45, 7) is 9.52. The Morgan fingerprint density at radius 3 is 2.66 bits per heavy atom. The Morgan fingerprint density at radius 1 is 1.24 bits per heavy atom. The van der Waals surface area contributed by atoms with Crippen LogP contribution < -0.4 is 15.5 Å². The van der Waals surface area contributed by atoms with Crippen LogP contribution >= 0.6 is 11.8 Å². The molecule has 0 spiro atoms. The lowest BCUT2D eigenvalue weighted by Crippen LogP contribution is -2.50. The Bertz CT molecular complexity index is 671. The number of hydrogen-bond acceptors (Lipinski definition) is 6. The van der Waals surface area contributed by atoms with E-state index in [1.54, 1.807) is 12.4 Å². The summed E-state index contributed by atoms with van der Waals surface area (Å²) < 4.78 is 0.250. The molecule has 8 nitrogen and oxygen atoms in total. The first-order valence-corrected chi connectivity index (χ1v) is 11.5. The smallest absolute Gasteiger partial charge is 0.225 e. The van der Waals surface area contributed by atoms with Crippen molar-refractivity contribution in [3.05, 3.63) is 18.5 Å². The van der Waals surface area contributed by atoms with E-state index in [4.69, 9.17) is 4.99 Å². The molecule has 3 heterocycles. The summed E-state index contributed by atoms with van der Waals surface area (Å²) in [5, 5.41) is 6.60. The first-order chi connectivity index (χ1) is 14.1. The molecule has 29 heavy (non-hydrogen) atoms. The Labute approximate surface area is 177 Å². The maximum Gasteiger partial charge on any atom is 0.225 e. The zero-order valence-corrected chi connectivity index (χ0v) is 18.4. The SMILES string of the molecule is CCNC(=NCC1(C)CCCS1)NCCC(=O)N1CCN(c2ncccn2)CC1. The van der Waals surface area contributed by atoms with Crippen LogP contribution in [0.2, 0.25) is 0 Å². The molecular formula is C20H33N7OS. The summed E-state index contributed by atoms with van der Waals surface area (Å²) in [6.07, 6.45) is 6.47. The van der Waals surface area contributed by atoms with E-state index < -0.39 is 0 Å². The quantitative estimate of drug-likeness (QED) is 0.510. The molecule has 1 amide bonds. The summed E-state index contributed by atoms with van der Waals surface area (Å²) in [5.74, 6) is 2.95. The maximum absolute atomic E-state index is 12.6. The van der Waals surface area contributed by atoms with Gasteiger partial charge in [-0.05, 0) is 38.5 Å². The molecule has 2 aliphatic heterocycles. The van der Waals surface area contributed by atoms with E-state index in [0.717, 1.165) is 38.1 Å². The zero-order chi connectivity index (χ0) is 20.5. The maximum atomic E-state index is 12.6. The number of nitrogens with zero attached hydrogens (tertiary/aromatic N) is 5. The predicted octanol–water partition coefficient (Wildman–Crippen LogP) is 1.36. The molecule has 1 unspecified atom stereocenters. The van der Waals surface area contributed by atoms with Gasteiger partial charge in [0.2, 0.25) is 11.9 Å². The fourth-order valence-electron chi connectivity index (χ4n) is 3.61. The predicted molar refractivity (Wildman–Crippen MR) is 120 cm³/mol. The standard InChI is InChI=1S/C20H33N7OS/c1-3-21-18(25-16-20(2)7-4-15-29-20)22-10-6-17(28)26-11-13-27(14-12-26)19-23-8-5-9-24-19/h5,8-9H,3-4,6-7,10-16H2,1-2H3,(H2,21,22,25). The van der Waals surface area contributed by atoms with E-state index in [1.807, 2.05) is 22.7 Å². The molecule has 0 bridgehead atoms. The van der Waals surface area contributed by atoms with Crippen LogP contribution in [0.15, 0.2) is 23.5 Å². The van der Waals surface area contributed by atoms with Crippen molar-refractivity contribution in [2.24, 2.45) is 4.99 Å². The summed E-state index contributed by atoms with van der Waals surface area (Å²) in [5.41, 5.74) is 0. The Morgan fingerprint density at radius 2 is 2.00 bits per heavy atom. The number of aromatic nitrogens is 2. The van der Waals surface area contributed by atoms with E-state index >= 15 is 0 Å². The van der Waals surface area contributed by atoms with Crippen LogP contribution in [0.25, 0.3) is 0 Å². The molecule has 0 radical (unpaired) electrons. The molecule has 2 aliphatic rings. The first-order valence-electron chi connectivity index (χ1n) is 10.6. The van der Waals surface area contributed by atoms with E-state index in [2.05, 4.69) is 39.3 Å². The normalized spacial score (nSPS) is 22.6. The van der Waals surface area contributed by atoms with Gasteiger partial charge in [0, 0.05) is 62.8 Å². The highest BCUT2D eigenvalue weighted by Gasteiger charge is 2.29. The minimum absolute atomic E-state index is 0.181. The molecule has 0 aromatic carbocycles. The van der Waals surface area contributed by atoms with Gasteiger partial charge in [-0.15, -0.1) is 0 Å². The second-order valence-corrected chi connectivity index (χ2v) is 9.37. The number of piperazine rings is 1. The lowest BCUT2D eigenvalue weighted by molar-refractivity contribution is -0.131. The van der Waals surface area contributed by atoms with E-state index in [9.17, 15) is 4.79 Å². The molecular weight excluding hydrogens is 386 g/mol. The van der Waals surface area contributed by atoms with Gasteiger partial charge in [0.25, 0.3) is 0 Å². The minimum atomic E-state index is 0.181. The summed E-state index contributed by atoms with van der Waals surface area (Å²) in [4.78, 5) is 30.0. The van der Waals surface area contributed by atoms with Crippen molar-refractivity contribution in [1.29, 1.82) is 0 Å². The number of aliphatic imine (C=N–C) groups is 1. The molecule has 2 N–H and O–H groups in total. The van der Waals surface area contributed by atoms with Crippen molar-refractivity contribution >= 4 is 29.6 Å². The molecule has 1 aromatic heterocycles. The van der Waals surface area contributed by atoms with Crippen molar-refractivity contribution < 1.29 is 4.79 Å². The van der Waals surface area contributed by atoms with Crippen molar-refractivity contribution in [2.45, 2.75) is 37.9 Å². The average molecular weight is 420 g/mol. The fourth-order valence-corrected chi connectivity index (χ4v) is 4.83. The van der Waals surface area contributed by atoms with Gasteiger partial charge in [-0.25, -0.2) is 9.97 Å². The second-order valence-electron chi connectivity index (χ2n) is 7.69. The summed E-state index contributed by atoms with van der Waals surface area (Å²) in [7, 11) is 0. The Kier molecular flexibility index (Phi) is 7.97. The zero-order valence-electron chi connectivity index (χ0n) is 17.6. The van der Waals surface area contributed by atoms with Crippen LogP contribution in [0.4, 0.5) is 5.95 Å². The lowest BCUT2D eigenvalue weighted by atomic mass is 10.1. The van der Waals surface area contributed by atoms with E-state index in [0.29, 0.717) is 26.1 Å². The highest BCUT2D eigenvalue weighted by Crippen LogP contribution is 2.37. The van der Waals surface area contributed by atoms with Crippen molar-refractivity contribution in [3.8, 4) is 0 Å². The summed E-state index contributed by atoms with van der Waals surface area (Å²) >= 11 is 2.01. The van der Waals surface area contributed by atoms with Crippen molar-refractivity contribution in [1.82, 2.24) is 25.5 Å². The van der Waals surface area contributed by atoms with Crippen molar-refractivity contribution in [2.75, 3.05) is 56.5 Å². The Balaban J connectivity index is 1.40. The third-order valence-corrected chi connectivity index (χ3v) is 6.84. The van der Waals surface area contributed by atoms with Gasteiger partial charge in [0.05, 0.1) is 6.54 Å². The van der Waals surface area contributed by atoms with Crippen LogP contribution in [-0.4, -0.2) is 83.0 Å². The van der Waals surface area contributed by atoms with Crippen LogP contribution in [0.3, 0.4) is 0 Å².